The summed E-state index contributed by atoms with van der Waals surface area (Å²) in [4.78, 5) is 30.9. The highest BCUT2D eigenvalue weighted by Gasteiger charge is 2.29. The highest BCUT2D eigenvalue weighted by molar-refractivity contribution is 5.98. The maximum atomic E-state index is 14.4. The second kappa shape index (κ2) is 8.21. The van der Waals surface area contributed by atoms with Crippen molar-refractivity contribution in [1.29, 1.82) is 0 Å². The Morgan fingerprint density at radius 3 is 2.61 bits per heavy atom. The van der Waals surface area contributed by atoms with Crippen LogP contribution in [0.15, 0.2) is 42.7 Å². The number of carbonyl (C=O) groups excluding carboxylic acids is 1. The van der Waals surface area contributed by atoms with Crippen molar-refractivity contribution in [2.24, 2.45) is 0 Å². The lowest BCUT2D eigenvalue weighted by Crippen LogP contribution is -2.35. The first kappa shape index (κ1) is 21.0. The zero-order valence-corrected chi connectivity index (χ0v) is 17.7. The van der Waals surface area contributed by atoms with E-state index in [1.165, 1.54) is 11.0 Å². The minimum Gasteiger partial charge on any atom is -0.383 e. The van der Waals surface area contributed by atoms with E-state index in [-0.39, 0.29) is 17.8 Å². The van der Waals surface area contributed by atoms with Crippen LogP contribution < -0.4 is 5.73 Å². The van der Waals surface area contributed by atoms with Crippen LogP contribution in [-0.4, -0.2) is 30.7 Å². The number of rotatable bonds is 5. The van der Waals surface area contributed by atoms with E-state index < -0.39 is 23.6 Å². The summed E-state index contributed by atoms with van der Waals surface area (Å²) in [7, 11) is 0. The molecule has 4 aromatic rings. The number of ether oxygens (including phenoxy) is 1. The SMILES string of the molecule is C[C@H](c1ncccn1)N(Cc1c(F)cccc1F)C(=O)c1cc2nc(N)c3c(c2[nH]1)COC3. The molecule has 33 heavy (non-hydrogen) atoms. The molecule has 0 bridgehead atoms. The lowest BCUT2D eigenvalue weighted by Gasteiger charge is -2.28. The van der Waals surface area contributed by atoms with Crippen LogP contribution in [0.25, 0.3) is 11.0 Å². The van der Waals surface area contributed by atoms with Gasteiger partial charge in [0.2, 0.25) is 0 Å². The molecule has 4 heterocycles. The second-order valence-electron chi connectivity index (χ2n) is 7.81. The van der Waals surface area contributed by atoms with Gasteiger partial charge in [-0.15, -0.1) is 0 Å². The predicted octanol–water partition coefficient (Wildman–Crippen LogP) is 3.65. The molecule has 0 saturated carbocycles. The highest BCUT2D eigenvalue weighted by atomic mass is 19.1. The minimum atomic E-state index is -0.741. The van der Waals surface area contributed by atoms with E-state index >= 15 is 0 Å². The summed E-state index contributed by atoms with van der Waals surface area (Å²) in [6.07, 6.45) is 3.09. The molecule has 0 radical (unpaired) electrons. The van der Waals surface area contributed by atoms with E-state index in [9.17, 15) is 13.6 Å². The lowest BCUT2D eigenvalue weighted by molar-refractivity contribution is 0.0656. The Hall–Kier alpha value is -3.92. The van der Waals surface area contributed by atoms with Crippen LogP contribution in [-0.2, 0) is 24.5 Å². The van der Waals surface area contributed by atoms with Gasteiger partial charge in [-0.25, -0.2) is 23.7 Å². The van der Waals surface area contributed by atoms with Crippen LogP contribution in [0.4, 0.5) is 14.6 Å². The van der Waals surface area contributed by atoms with Gasteiger partial charge in [0.15, 0.2) is 0 Å². The largest absolute Gasteiger partial charge is 0.383 e. The average Bonchev–Trinajstić information content (AvgIpc) is 3.46. The average molecular weight is 450 g/mol. The third kappa shape index (κ3) is 3.68. The molecule has 1 amide bonds. The number of benzene rings is 1. The van der Waals surface area contributed by atoms with Crippen LogP contribution >= 0.6 is 0 Å². The van der Waals surface area contributed by atoms with E-state index in [0.29, 0.717) is 35.9 Å². The van der Waals surface area contributed by atoms with E-state index in [0.717, 1.165) is 23.3 Å². The number of carbonyl (C=O) groups is 1. The fraction of sp³-hybridized carbons (Fsp3) is 0.217. The lowest BCUT2D eigenvalue weighted by atomic mass is 10.1. The standard InChI is InChI=1S/C23H20F2N6O2/c1-12(22-27-6-3-7-28-22)31(9-13-16(24)4-2-5-17(13)25)23(32)19-8-18-20(29-19)14-10-33-11-15(14)21(26)30-18/h2-8,12,29H,9-11H2,1H3,(H2,26,30)/t12-/m1/s1. The summed E-state index contributed by atoms with van der Waals surface area (Å²) < 4.78 is 34.4. The number of nitrogen functional groups attached to an aromatic ring is 1. The number of nitrogens with zero attached hydrogens (tertiary/aromatic N) is 4. The van der Waals surface area contributed by atoms with Crippen molar-refractivity contribution in [1.82, 2.24) is 24.8 Å². The van der Waals surface area contributed by atoms with Crippen molar-refractivity contribution in [2.75, 3.05) is 5.73 Å². The topological polar surface area (TPSA) is 110 Å². The monoisotopic (exact) mass is 450 g/mol. The molecule has 3 aromatic heterocycles. The highest BCUT2D eigenvalue weighted by Crippen LogP contribution is 2.32. The number of aromatic amines is 1. The Bertz CT molecular complexity index is 1340. The third-order valence-corrected chi connectivity index (χ3v) is 5.81. The number of pyridine rings is 1. The number of H-pyrrole nitrogens is 1. The summed E-state index contributed by atoms with van der Waals surface area (Å²) in [5.74, 6) is -1.27. The molecular formula is C23H20F2N6O2. The first-order valence-corrected chi connectivity index (χ1v) is 10.3. The van der Waals surface area contributed by atoms with E-state index in [2.05, 4.69) is 19.9 Å². The molecule has 8 nitrogen and oxygen atoms in total. The first-order chi connectivity index (χ1) is 15.9. The van der Waals surface area contributed by atoms with Gasteiger partial charge in [-0.2, -0.15) is 0 Å². The van der Waals surface area contributed by atoms with Crippen molar-refractivity contribution in [3.63, 3.8) is 0 Å². The number of fused-ring (bicyclic) bond motifs is 3. The quantitative estimate of drug-likeness (QED) is 0.480. The maximum absolute atomic E-state index is 14.4. The number of aromatic nitrogens is 4. The predicted molar refractivity (Wildman–Crippen MR) is 116 cm³/mol. The Morgan fingerprint density at radius 1 is 1.18 bits per heavy atom. The summed E-state index contributed by atoms with van der Waals surface area (Å²) in [5, 5.41) is 0. The summed E-state index contributed by atoms with van der Waals surface area (Å²) >= 11 is 0. The van der Waals surface area contributed by atoms with Gasteiger partial charge in [0.1, 0.15) is 29.0 Å². The molecule has 5 rings (SSSR count). The van der Waals surface area contributed by atoms with Crippen LogP contribution in [0.3, 0.4) is 0 Å². The van der Waals surface area contributed by atoms with Gasteiger partial charge >= 0.3 is 0 Å². The van der Waals surface area contributed by atoms with E-state index in [4.69, 9.17) is 10.5 Å². The number of nitrogens with two attached hydrogens (primary N) is 1. The van der Waals surface area contributed by atoms with Crippen LogP contribution in [0.2, 0.25) is 0 Å². The number of anilines is 1. The van der Waals surface area contributed by atoms with E-state index in [1.54, 1.807) is 31.5 Å². The number of halogens is 2. The molecule has 168 valence electrons. The van der Waals surface area contributed by atoms with Crippen molar-refractivity contribution >= 4 is 22.8 Å². The van der Waals surface area contributed by atoms with Gasteiger partial charge < -0.3 is 20.4 Å². The second-order valence-corrected chi connectivity index (χ2v) is 7.81. The Labute approximate surface area is 187 Å². The molecule has 1 aliphatic rings. The molecule has 0 aliphatic carbocycles. The Kier molecular flexibility index (Phi) is 5.21. The number of nitrogens with one attached hydrogen (secondary N) is 1. The molecule has 0 unspecified atom stereocenters. The number of hydrogen-bond acceptors (Lipinski definition) is 6. The zero-order valence-electron chi connectivity index (χ0n) is 17.7. The molecule has 1 aliphatic heterocycles. The van der Waals surface area contributed by atoms with Crippen molar-refractivity contribution < 1.29 is 18.3 Å². The van der Waals surface area contributed by atoms with Crippen LogP contribution in [0.1, 0.15) is 46.0 Å². The summed E-state index contributed by atoms with van der Waals surface area (Å²) in [5.41, 5.74) is 8.84. The molecule has 3 N–H and O–H groups in total. The van der Waals surface area contributed by atoms with Gasteiger partial charge in [0, 0.05) is 29.1 Å². The smallest absolute Gasteiger partial charge is 0.271 e. The molecule has 0 saturated heterocycles. The van der Waals surface area contributed by atoms with Gasteiger partial charge in [-0.1, -0.05) is 6.07 Å². The molecule has 10 heteroatoms. The number of amides is 1. The maximum Gasteiger partial charge on any atom is 0.271 e. The summed E-state index contributed by atoms with van der Waals surface area (Å²) in [6, 6.07) is 6.15. The van der Waals surface area contributed by atoms with E-state index in [1.807, 2.05) is 0 Å². The molecular weight excluding hydrogens is 430 g/mol. The molecule has 1 atom stereocenters. The third-order valence-electron chi connectivity index (χ3n) is 5.81. The van der Waals surface area contributed by atoms with Gasteiger partial charge in [0.05, 0.1) is 36.8 Å². The molecule has 0 spiro atoms. The van der Waals surface area contributed by atoms with Gasteiger partial charge in [-0.3, -0.25) is 4.79 Å². The van der Waals surface area contributed by atoms with Crippen molar-refractivity contribution in [2.45, 2.75) is 32.7 Å². The van der Waals surface area contributed by atoms with Crippen LogP contribution in [0.5, 0.6) is 0 Å². The summed E-state index contributed by atoms with van der Waals surface area (Å²) in [6.45, 7) is 2.10. The first-order valence-electron chi connectivity index (χ1n) is 10.3. The molecule has 1 aromatic carbocycles. The van der Waals surface area contributed by atoms with Gasteiger partial charge in [-0.05, 0) is 31.2 Å². The normalized spacial score (nSPS) is 13.8. The Balaban J connectivity index is 1.58. The van der Waals surface area contributed by atoms with Gasteiger partial charge in [0.25, 0.3) is 5.91 Å². The van der Waals surface area contributed by atoms with Crippen LogP contribution in [0, 0.1) is 11.6 Å². The minimum absolute atomic E-state index is 0.205. The van der Waals surface area contributed by atoms with Crippen molar-refractivity contribution in [3.05, 3.63) is 82.6 Å². The van der Waals surface area contributed by atoms with Crippen molar-refractivity contribution in [3.8, 4) is 0 Å². The fourth-order valence-corrected chi connectivity index (χ4v) is 4.01. The zero-order chi connectivity index (χ0) is 23.1. The number of hydrogen-bond donors (Lipinski definition) is 2. The fourth-order valence-electron chi connectivity index (χ4n) is 4.01. The molecule has 0 fully saturated rings. The Morgan fingerprint density at radius 2 is 1.88 bits per heavy atom.